The van der Waals surface area contributed by atoms with Crippen LogP contribution in [0.3, 0.4) is 0 Å². The fourth-order valence-electron chi connectivity index (χ4n) is 3.24. The lowest BCUT2D eigenvalue weighted by Gasteiger charge is -2.29. The van der Waals surface area contributed by atoms with Crippen molar-refractivity contribution in [3.05, 3.63) is 71.3 Å². The maximum Gasteiger partial charge on any atom is 0.255 e. The zero-order chi connectivity index (χ0) is 20.9. The van der Waals surface area contributed by atoms with Crippen LogP contribution in [0.25, 0.3) is 0 Å². The normalized spacial score (nSPS) is 12.8. The number of amides is 1. The molecule has 3 aromatic rings. The lowest BCUT2D eigenvalue weighted by atomic mass is 10.0. The van der Waals surface area contributed by atoms with E-state index < -0.39 is 0 Å². The van der Waals surface area contributed by atoms with Gasteiger partial charge in [0.15, 0.2) is 0 Å². The Morgan fingerprint density at radius 1 is 0.967 bits per heavy atom. The quantitative estimate of drug-likeness (QED) is 0.622. The smallest absolute Gasteiger partial charge is 0.255 e. The number of rotatable bonds is 6. The number of aromatic nitrogens is 3. The Morgan fingerprint density at radius 2 is 1.83 bits per heavy atom. The molecule has 1 aliphatic heterocycles. The van der Waals surface area contributed by atoms with E-state index in [0.717, 1.165) is 23.2 Å². The molecular weight excluding hydrogens is 384 g/mol. The van der Waals surface area contributed by atoms with Crippen LogP contribution in [-0.4, -0.2) is 46.5 Å². The number of nitrogens with zero attached hydrogens (tertiary/aromatic N) is 4. The number of fused-ring (bicyclic) bond motifs is 1. The first-order chi connectivity index (χ1) is 14.7. The second-order valence-electron chi connectivity index (χ2n) is 6.84. The number of pyridine rings is 3. The third-order valence-corrected chi connectivity index (χ3v) is 4.95. The van der Waals surface area contributed by atoms with Crippen LogP contribution in [0.5, 0.6) is 17.5 Å². The average Bonchev–Trinajstić information content (AvgIpc) is 2.82. The third kappa shape index (κ3) is 4.32. The summed E-state index contributed by atoms with van der Waals surface area (Å²) in [4.78, 5) is 27.4. The molecule has 8 heteroatoms. The van der Waals surface area contributed by atoms with Gasteiger partial charge in [0.05, 0.1) is 31.7 Å². The largest absolute Gasteiger partial charge is 0.495 e. The maximum atomic E-state index is 12.8. The van der Waals surface area contributed by atoms with Gasteiger partial charge in [-0.1, -0.05) is 0 Å². The summed E-state index contributed by atoms with van der Waals surface area (Å²) < 4.78 is 16.0. The van der Waals surface area contributed by atoms with Gasteiger partial charge in [-0.2, -0.15) is 0 Å². The van der Waals surface area contributed by atoms with Gasteiger partial charge in [-0.15, -0.1) is 0 Å². The summed E-state index contributed by atoms with van der Waals surface area (Å²) in [6.45, 7) is 1.44. The molecule has 30 heavy (non-hydrogen) atoms. The van der Waals surface area contributed by atoms with Crippen LogP contribution in [0.4, 0.5) is 0 Å². The van der Waals surface area contributed by atoms with Gasteiger partial charge in [0.1, 0.15) is 12.4 Å². The van der Waals surface area contributed by atoms with Crippen molar-refractivity contribution >= 4 is 5.91 Å². The van der Waals surface area contributed by atoms with Crippen LogP contribution in [0.15, 0.2) is 48.9 Å². The first-order valence-corrected chi connectivity index (χ1v) is 9.55. The second-order valence-corrected chi connectivity index (χ2v) is 6.84. The maximum absolute atomic E-state index is 12.8. The van der Waals surface area contributed by atoms with E-state index in [1.54, 1.807) is 43.6 Å². The minimum absolute atomic E-state index is 0.0579. The Bertz CT molecular complexity index is 1020. The number of hydrogen-bond acceptors (Lipinski definition) is 7. The molecule has 0 unspecified atom stereocenters. The fraction of sp³-hybridized carbons (Fsp3) is 0.273. The van der Waals surface area contributed by atoms with Gasteiger partial charge in [0, 0.05) is 37.6 Å². The molecule has 0 saturated carbocycles. The van der Waals surface area contributed by atoms with E-state index in [1.807, 2.05) is 24.4 Å². The molecule has 0 N–H and O–H groups in total. The lowest BCUT2D eigenvalue weighted by Crippen LogP contribution is -2.36. The average molecular weight is 406 g/mol. The topological polar surface area (TPSA) is 86.7 Å². The van der Waals surface area contributed by atoms with Gasteiger partial charge in [0.2, 0.25) is 11.8 Å². The zero-order valence-corrected chi connectivity index (χ0v) is 16.9. The summed E-state index contributed by atoms with van der Waals surface area (Å²) in [5.74, 6) is 1.63. The molecule has 0 fully saturated rings. The van der Waals surface area contributed by atoms with Gasteiger partial charge in [-0.05, 0) is 35.7 Å². The van der Waals surface area contributed by atoms with Crippen LogP contribution in [0, 0.1) is 0 Å². The van der Waals surface area contributed by atoms with E-state index in [4.69, 9.17) is 14.2 Å². The molecule has 154 valence electrons. The molecule has 1 aliphatic rings. The Kier molecular flexibility index (Phi) is 5.74. The minimum atomic E-state index is -0.0579. The second kappa shape index (κ2) is 8.77. The van der Waals surface area contributed by atoms with E-state index >= 15 is 0 Å². The van der Waals surface area contributed by atoms with Gasteiger partial charge < -0.3 is 19.1 Å². The highest BCUT2D eigenvalue weighted by molar-refractivity contribution is 5.94. The van der Waals surface area contributed by atoms with Crippen molar-refractivity contribution in [3.8, 4) is 17.5 Å². The Hall–Kier alpha value is -3.68. The lowest BCUT2D eigenvalue weighted by molar-refractivity contribution is 0.0733. The van der Waals surface area contributed by atoms with Crippen LogP contribution >= 0.6 is 0 Å². The van der Waals surface area contributed by atoms with Crippen molar-refractivity contribution in [2.24, 2.45) is 0 Å². The number of ether oxygens (including phenoxy) is 3. The van der Waals surface area contributed by atoms with Crippen molar-refractivity contribution in [2.75, 3.05) is 20.8 Å². The minimum Gasteiger partial charge on any atom is -0.495 e. The van der Waals surface area contributed by atoms with Crippen molar-refractivity contribution in [1.29, 1.82) is 0 Å². The molecular formula is C22H22N4O4. The molecule has 0 saturated heterocycles. The molecule has 4 heterocycles. The van der Waals surface area contributed by atoms with Crippen molar-refractivity contribution in [1.82, 2.24) is 19.9 Å². The summed E-state index contributed by atoms with van der Waals surface area (Å²) in [6.07, 6.45) is 5.76. The van der Waals surface area contributed by atoms with E-state index in [1.165, 1.54) is 0 Å². The SMILES string of the molecule is COc1ccc(COc2cc3c(cn2)CCN(C(=O)c2ccc(OC)nc2)C3)nc1. The first-order valence-electron chi connectivity index (χ1n) is 9.55. The highest BCUT2D eigenvalue weighted by atomic mass is 16.5. The van der Waals surface area contributed by atoms with Gasteiger partial charge in [-0.3, -0.25) is 9.78 Å². The first kappa shape index (κ1) is 19.6. The monoisotopic (exact) mass is 406 g/mol. The molecule has 8 nitrogen and oxygen atoms in total. The van der Waals surface area contributed by atoms with Gasteiger partial charge in [-0.25, -0.2) is 9.97 Å². The standard InChI is InChI=1S/C22H22N4O4/c1-28-19-5-4-18(23-12-19)14-30-21-9-17-13-26(8-7-15(17)10-25-21)22(27)16-3-6-20(29-2)24-11-16/h3-6,9-12H,7-8,13-14H2,1-2H3. The van der Waals surface area contributed by atoms with Gasteiger partial charge in [0.25, 0.3) is 5.91 Å². The number of methoxy groups -OCH3 is 2. The van der Waals surface area contributed by atoms with Crippen molar-refractivity contribution in [2.45, 2.75) is 19.6 Å². The van der Waals surface area contributed by atoms with Crippen LogP contribution in [0.1, 0.15) is 27.2 Å². The van der Waals surface area contributed by atoms with E-state index in [-0.39, 0.29) is 5.91 Å². The molecule has 3 aromatic heterocycles. The summed E-state index contributed by atoms with van der Waals surface area (Å²) in [6, 6.07) is 9.00. The summed E-state index contributed by atoms with van der Waals surface area (Å²) in [5.41, 5.74) is 3.47. The Labute approximate surface area is 174 Å². The van der Waals surface area contributed by atoms with E-state index in [9.17, 15) is 4.79 Å². The van der Waals surface area contributed by atoms with Crippen LogP contribution < -0.4 is 14.2 Å². The summed E-state index contributed by atoms with van der Waals surface area (Å²) >= 11 is 0. The highest BCUT2D eigenvalue weighted by Crippen LogP contribution is 2.24. The van der Waals surface area contributed by atoms with Crippen LogP contribution in [-0.2, 0) is 19.6 Å². The molecule has 0 aromatic carbocycles. The molecule has 0 radical (unpaired) electrons. The predicted molar refractivity (Wildman–Crippen MR) is 109 cm³/mol. The Morgan fingerprint density at radius 3 is 2.53 bits per heavy atom. The zero-order valence-electron chi connectivity index (χ0n) is 16.9. The summed E-state index contributed by atoms with van der Waals surface area (Å²) in [7, 11) is 3.15. The van der Waals surface area contributed by atoms with Crippen LogP contribution in [0.2, 0.25) is 0 Å². The van der Waals surface area contributed by atoms with Crippen molar-refractivity contribution < 1.29 is 19.0 Å². The molecule has 0 aliphatic carbocycles. The van der Waals surface area contributed by atoms with E-state index in [2.05, 4.69) is 15.0 Å². The molecule has 0 bridgehead atoms. The van der Waals surface area contributed by atoms with E-state index in [0.29, 0.717) is 42.8 Å². The number of carbonyl (C=O) groups is 1. The fourth-order valence-corrected chi connectivity index (χ4v) is 3.24. The molecule has 0 spiro atoms. The predicted octanol–water partition coefficient (Wildman–Crippen LogP) is 2.67. The molecule has 1 amide bonds. The summed E-state index contributed by atoms with van der Waals surface area (Å²) in [5, 5.41) is 0. The highest BCUT2D eigenvalue weighted by Gasteiger charge is 2.23. The van der Waals surface area contributed by atoms with Gasteiger partial charge >= 0.3 is 0 Å². The number of carbonyl (C=O) groups excluding carboxylic acids is 1. The van der Waals surface area contributed by atoms with Crippen molar-refractivity contribution in [3.63, 3.8) is 0 Å². The number of hydrogen-bond donors (Lipinski definition) is 0. The third-order valence-electron chi connectivity index (χ3n) is 4.95. The Balaban J connectivity index is 1.42. The molecule has 0 atom stereocenters. The molecule has 4 rings (SSSR count).